The average Bonchev–Trinajstić information content (AvgIpc) is 3.01. The number of nitrogens with one attached hydrogen (secondary N) is 2. The van der Waals surface area contributed by atoms with Gasteiger partial charge in [-0.05, 0) is 30.3 Å². The van der Waals surface area contributed by atoms with Crippen molar-refractivity contribution < 1.29 is 5.11 Å². The molecule has 5 nitrogen and oxygen atoms in total. The maximum absolute atomic E-state index is 9.72. The van der Waals surface area contributed by atoms with E-state index < -0.39 is 0 Å². The van der Waals surface area contributed by atoms with Crippen LogP contribution in [0, 0.1) is 0 Å². The topological polar surface area (TPSA) is 73.8 Å². The van der Waals surface area contributed by atoms with Crippen LogP contribution in [0.4, 0.5) is 5.69 Å². The molecule has 0 aliphatic carbocycles. The van der Waals surface area contributed by atoms with Crippen LogP contribution < -0.4 is 5.32 Å². The summed E-state index contributed by atoms with van der Waals surface area (Å²) in [5.74, 6) is 0.308. The van der Waals surface area contributed by atoms with Crippen LogP contribution in [0.15, 0.2) is 64.9 Å². The van der Waals surface area contributed by atoms with Gasteiger partial charge in [-0.2, -0.15) is 5.10 Å². The van der Waals surface area contributed by atoms with Crippen LogP contribution in [0.2, 0.25) is 0 Å². The summed E-state index contributed by atoms with van der Waals surface area (Å²) < 4.78 is 0. The average molecular weight is 298 g/mol. The van der Waals surface area contributed by atoms with Gasteiger partial charge in [0.2, 0.25) is 0 Å². The number of aromatic hydroxyl groups is 1. The molecular formula is C15H14N4OS. The Hall–Kier alpha value is -2.47. The number of phenolic OH excluding ortho intramolecular Hbond substituents is 1. The lowest BCUT2D eigenvalue weighted by molar-refractivity contribution is 0.469. The van der Waals surface area contributed by atoms with E-state index in [-0.39, 0.29) is 0 Å². The van der Waals surface area contributed by atoms with Crippen LogP contribution in [0.5, 0.6) is 5.75 Å². The van der Waals surface area contributed by atoms with Gasteiger partial charge in [0, 0.05) is 22.7 Å². The Bertz CT molecular complexity index is 698. The van der Waals surface area contributed by atoms with Gasteiger partial charge in [-0.25, -0.2) is 4.98 Å². The summed E-state index contributed by atoms with van der Waals surface area (Å²) in [6.45, 7) is 0.585. The molecule has 0 aliphatic heterocycles. The van der Waals surface area contributed by atoms with Gasteiger partial charge in [0.15, 0.2) is 5.16 Å². The van der Waals surface area contributed by atoms with E-state index >= 15 is 0 Å². The van der Waals surface area contributed by atoms with Gasteiger partial charge in [0.25, 0.3) is 0 Å². The smallest absolute Gasteiger partial charge is 0.188 e. The number of benzene rings is 2. The summed E-state index contributed by atoms with van der Waals surface area (Å²) in [6.07, 6.45) is 1.49. The molecular weight excluding hydrogens is 284 g/mol. The molecule has 106 valence electrons. The van der Waals surface area contributed by atoms with Gasteiger partial charge in [0.05, 0.1) is 0 Å². The highest BCUT2D eigenvalue weighted by Crippen LogP contribution is 2.25. The Balaban J connectivity index is 1.61. The number of aromatic nitrogens is 3. The van der Waals surface area contributed by atoms with Crippen molar-refractivity contribution >= 4 is 17.4 Å². The maximum atomic E-state index is 9.72. The van der Waals surface area contributed by atoms with Gasteiger partial charge in [0.1, 0.15) is 12.1 Å². The molecule has 21 heavy (non-hydrogen) atoms. The first kappa shape index (κ1) is 13.5. The lowest BCUT2D eigenvalue weighted by Gasteiger charge is -2.08. The molecule has 0 spiro atoms. The van der Waals surface area contributed by atoms with Crippen molar-refractivity contribution in [1.82, 2.24) is 15.2 Å². The zero-order chi connectivity index (χ0) is 14.5. The van der Waals surface area contributed by atoms with Crippen molar-refractivity contribution in [3.05, 3.63) is 60.4 Å². The molecule has 1 heterocycles. The van der Waals surface area contributed by atoms with Gasteiger partial charge >= 0.3 is 0 Å². The molecule has 0 saturated heterocycles. The van der Waals surface area contributed by atoms with Gasteiger partial charge in [-0.15, -0.1) is 0 Å². The SMILES string of the molecule is Oc1ccccc1CNc1ccc(Sc2ncn[nH]2)cc1. The Labute approximate surface area is 126 Å². The molecule has 0 fully saturated rings. The molecule has 1 aromatic heterocycles. The molecule has 0 saturated carbocycles. The lowest BCUT2D eigenvalue weighted by atomic mass is 10.2. The minimum atomic E-state index is 0.308. The summed E-state index contributed by atoms with van der Waals surface area (Å²) in [5, 5.41) is 20.4. The molecule has 0 aliphatic rings. The monoisotopic (exact) mass is 298 g/mol. The highest BCUT2D eigenvalue weighted by Gasteiger charge is 2.02. The number of rotatable bonds is 5. The molecule has 0 radical (unpaired) electrons. The van der Waals surface area contributed by atoms with E-state index in [2.05, 4.69) is 20.5 Å². The minimum Gasteiger partial charge on any atom is -0.508 e. The Morgan fingerprint density at radius 1 is 1.10 bits per heavy atom. The van der Waals surface area contributed by atoms with Gasteiger partial charge in [-0.3, -0.25) is 5.10 Å². The maximum Gasteiger partial charge on any atom is 0.188 e. The zero-order valence-electron chi connectivity index (χ0n) is 11.2. The molecule has 2 aromatic carbocycles. The lowest BCUT2D eigenvalue weighted by Crippen LogP contribution is -1.99. The number of nitrogens with zero attached hydrogens (tertiary/aromatic N) is 2. The molecule has 6 heteroatoms. The predicted molar refractivity (Wildman–Crippen MR) is 82.4 cm³/mol. The predicted octanol–water partition coefficient (Wildman–Crippen LogP) is 3.27. The quantitative estimate of drug-likeness (QED) is 0.674. The van der Waals surface area contributed by atoms with E-state index in [4.69, 9.17) is 0 Å². The second-order valence-electron chi connectivity index (χ2n) is 4.40. The molecule has 0 amide bonds. The van der Waals surface area contributed by atoms with Crippen LogP contribution in [-0.4, -0.2) is 20.3 Å². The van der Waals surface area contributed by atoms with Crippen molar-refractivity contribution in [3.63, 3.8) is 0 Å². The van der Waals surface area contributed by atoms with Crippen molar-refractivity contribution in [1.29, 1.82) is 0 Å². The third-order valence-electron chi connectivity index (χ3n) is 2.94. The fourth-order valence-electron chi connectivity index (χ4n) is 1.85. The normalized spacial score (nSPS) is 10.5. The second kappa shape index (κ2) is 6.32. The summed E-state index contributed by atoms with van der Waals surface area (Å²) in [5.41, 5.74) is 1.87. The number of hydrogen-bond donors (Lipinski definition) is 3. The number of anilines is 1. The van der Waals surface area contributed by atoms with Crippen molar-refractivity contribution in [2.45, 2.75) is 16.6 Å². The zero-order valence-corrected chi connectivity index (χ0v) is 12.0. The fraction of sp³-hybridized carbons (Fsp3) is 0.0667. The summed E-state index contributed by atoms with van der Waals surface area (Å²) in [7, 11) is 0. The van der Waals surface area contributed by atoms with Crippen LogP contribution in [0.3, 0.4) is 0 Å². The number of para-hydroxylation sites is 1. The number of phenols is 1. The van der Waals surface area contributed by atoms with Gasteiger partial charge in [-0.1, -0.05) is 30.0 Å². The first-order valence-corrected chi connectivity index (χ1v) is 7.27. The van der Waals surface area contributed by atoms with E-state index in [1.54, 1.807) is 6.07 Å². The number of H-pyrrole nitrogens is 1. The first-order valence-electron chi connectivity index (χ1n) is 6.45. The second-order valence-corrected chi connectivity index (χ2v) is 5.46. The van der Waals surface area contributed by atoms with Crippen molar-refractivity contribution in [3.8, 4) is 5.75 Å². The van der Waals surface area contributed by atoms with Crippen molar-refractivity contribution in [2.24, 2.45) is 0 Å². The molecule has 0 unspecified atom stereocenters. The third kappa shape index (κ3) is 3.55. The van der Waals surface area contributed by atoms with Crippen molar-refractivity contribution in [2.75, 3.05) is 5.32 Å². The van der Waals surface area contributed by atoms with E-state index in [1.165, 1.54) is 18.1 Å². The van der Waals surface area contributed by atoms with Crippen LogP contribution in [0.25, 0.3) is 0 Å². The Kier molecular flexibility index (Phi) is 4.07. The van der Waals surface area contributed by atoms with Crippen LogP contribution >= 0.6 is 11.8 Å². The first-order chi connectivity index (χ1) is 10.3. The molecule has 3 rings (SSSR count). The minimum absolute atomic E-state index is 0.308. The molecule has 0 bridgehead atoms. The summed E-state index contributed by atoms with van der Waals surface area (Å²) in [6, 6.07) is 15.3. The number of aromatic amines is 1. The Morgan fingerprint density at radius 2 is 1.90 bits per heavy atom. The van der Waals surface area contributed by atoms with E-state index in [1.807, 2.05) is 42.5 Å². The molecule has 0 atom stereocenters. The number of hydrogen-bond acceptors (Lipinski definition) is 5. The van der Waals surface area contributed by atoms with Crippen LogP contribution in [0.1, 0.15) is 5.56 Å². The van der Waals surface area contributed by atoms with E-state index in [9.17, 15) is 5.11 Å². The highest BCUT2D eigenvalue weighted by atomic mass is 32.2. The largest absolute Gasteiger partial charge is 0.508 e. The summed E-state index contributed by atoms with van der Waals surface area (Å²) in [4.78, 5) is 5.16. The molecule has 3 N–H and O–H groups in total. The Morgan fingerprint density at radius 3 is 2.62 bits per heavy atom. The van der Waals surface area contributed by atoms with E-state index in [0.29, 0.717) is 12.3 Å². The third-order valence-corrected chi connectivity index (χ3v) is 3.83. The highest BCUT2D eigenvalue weighted by molar-refractivity contribution is 7.99. The van der Waals surface area contributed by atoms with Gasteiger partial charge < -0.3 is 10.4 Å². The fourth-order valence-corrected chi connectivity index (χ4v) is 2.55. The summed E-state index contributed by atoms with van der Waals surface area (Å²) >= 11 is 1.52. The standard InChI is InChI=1S/C15H14N4OS/c20-14-4-2-1-3-11(14)9-16-12-5-7-13(8-6-12)21-15-17-10-18-19-15/h1-8,10,16,20H,9H2,(H,17,18,19). The molecule has 3 aromatic rings. The van der Waals surface area contributed by atoms with E-state index in [0.717, 1.165) is 21.3 Å². The van der Waals surface area contributed by atoms with Crippen LogP contribution in [-0.2, 0) is 6.54 Å².